The topological polar surface area (TPSA) is 9.72 Å². The van der Waals surface area contributed by atoms with Crippen LogP contribution in [0.1, 0.15) is 57.8 Å². The molecule has 1 aliphatic carbocycles. The number of alkyl halides is 2. The summed E-state index contributed by atoms with van der Waals surface area (Å²) in [6.07, 6.45) is 12.9. The summed E-state index contributed by atoms with van der Waals surface area (Å²) in [4.78, 5) is 8.24. The van der Waals surface area contributed by atoms with Crippen LogP contribution in [0.4, 0.5) is 0 Å². The van der Waals surface area contributed by atoms with Crippen molar-refractivity contribution in [1.29, 1.82) is 0 Å². The Morgan fingerprint density at radius 3 is 1.81 bits per heavy atom. The first-order chi connectivity index (χ1) is 12.7. The van der Waals surface area contributed by atoms with Gasteiger partial charge in [0, 0.05) is 40.6 Å². The van der Waals surface area contributed by atoms with Crippen molar-refractivity contribution < 1.29 is 0 Å². The van der Waals surface area contributed by atoms with E-state index in [4.69, 9.17) is 0 Å². The highest BCUT2D eigenvalue weighted by atomic mass is 127. The SMILES string of the molecule is ICC1CCC(N2CCN(CCCCCN3CCC(I)CC3)CC2)CC1. The number of hydrogen-bond donors (Lipinski definition) is 0. The molecule has 152 valence electrons. The van der Waals surface area contributed by atoms with Crippen LogP contribution in [0.15, 0.2) is 0 Å². The van der Waals surface area contributed by atoms with E-state index in [9.17, 15) is 0 Å². The molecule has 0 unspecified atom stereocenters. The molecule has 0 spiro atoms. The summed E-state index contributed by atoms with van der Waals surface area (Å²) in [5.41, 5.74) is 0. The molecule has 0 aromatic rings. The predicted octanol–water partition coefficient (Wildman–Crippen LogP) is 4.67. The summed E-state index contributed by atoms with van der Waals surface area (Å²) in [7, 11) is 0. The molecule has 0 aromatic heterocycles. The second-order valence-corrected chi connectivity index (χ2v) is 11.4. The number of rotatable bonds is 8. The van der Waals surface area contributed by atoms with Gasteiger partial charge in [0.25, 0.3) is 0 Å². The maximum absolute atomic E-state index is 2.82. The Morgan fingerprint density at radius 1 is 0.654 bits per heavy atom. The average molecular weight is 587 g/mol. The highest BCUT2D eigenvalue weighted by Crippen LogP contribution is 2.29. The summed E-state index contributed by atoms with van der Waals surface area (Å²) >= 11 is 5.20. The fourth-order valence-corrected chi connectivity index (χ4v) is 6.43. The van der Waals surface area contributed by atoms with Gasteiger partial charge in [-0.3, -0.25) is 4.90 Å². The van der Waals surface area contributed by atoms with Gasteiger partial charge in [-0.1, -0.05) is 51.6 Å². The van der Waals surface area contributed by atoms with E-state index in [2.05, 4.69) is 59.9 Å². The number of hydrogen-bond acceptors (Lipinski definition) is 3. The first-order valence-corrected chi connectivity index (χ1v) is 13.9. The Labute approximate surface area is 189 Å². The highest BCUT2D eigenvalue weighted by Gasteiger charge is 2.27. The summed E-state index contributed by atoms with van der Waals surface area (Å²) in [5.74, 6) is 1.01. The third-order valence-electron chi connectivity index (χ3n) is 6.92. The number of nitrogens with zero attached hydrogens (tertiary/aromatic N) is 3. The van der Waals surface area contributed by atoms with E-state index in [1.807, 2.05) is 0 Å². The zero-order valence-electron chi connectivity index (χ0n) is 16.6. The maximum atomic E-state index is 2.82. The summed E-state index contributed by atoms with van der Waals surface area (Å²) in [6.45, 7) is 10.6. The molecule has 1 saturated carbocycles. The highest BCUT2D eigenvalue weighted by molar-refractivity contribution is 14.1. The number of halogens is 2. The third-order valence-corrected chi connectivity index (χ3v) is 9.41. The second-order valence-electron chi connectivity index (χ2n) is 8.78. The van der Waals surface area contributed by atoms with Gasteiger partial charge >= 0.3 is 0 Å². The van der Waals surface area contributed by atoms with Crippen LogP contribution in [-0.4, -0.2) is 81.5 Å². The van der Waals surface area contributed by atoms with Crippen LogP contribution in [0.5, 0.6) is 0 Å². The molecule has 2 aliphatic heterocycles. The van der Waals surface area contributed by atoms with Crippen molar-refractivity contribution in [2.45, 2.75) is 67.8 Å². The van der Waals surface area contributed by atoms with E-state index in [0.29, 0.717) is 0 Å². The maximum Gasteiger partial charge on any atom is 0.0134 e. The lowest BCUT2D eigenvalue weighted by Gasteiger charge is -2.42. The first-order valence-electron chi connectivity index (χ1n) is 11.1. The quantitative estimate of drug-likeness (QED) is 0.233. The Kier molecular flexibility index (Phi) is 10.3. The van der Waals surface area contributed by atoms with E-state index >= 15 is 0 Å². The molecule has 0 amide bonds. The van der Waals surface area contributed by atoms with Gasteiger partial charge in [0.1, 0.15) is 0 Å². The van der Waals surface area contributed by atoms with Crippen LogP contribution in [0.3, 0.4) is 0 Å². The Bertz CT molecular complexity index is 371. The average Bonchev–Trinajstić information content (AvgIpc) is 2.70. The summed E-state index contributed by atoms with van der Waals surface area (Å²) in [5, 5.41) is 0. The molecule has 2 saturated heterocycles. The molecule has 26 heavy (non-hydrogen) atoms. The molecule has 5 heteroatoms. The predicted molar refractivity (Wildman–Crippen MR) is 130 cm³/mol. The van der Waals surface area contributed by atoms with E-state index in [-0.39, 0.29) is 0 Å². The van der Waals surface area contributed by atoms with Crippen LogP contribution in [-0.2, 0) is 0 Å². The van der Waals surface area contributed by atoms with Gasteiger partial charge in [0.15, 0.2) is 0 Å². The van der Waals surface area contributed by atoms with E-state index in [1.165, 1.54) is 115 Å². The van der Waals surface area contributed by atoms with Gasteiger partial charge in [0.05, 0.1) is 0 Å². The Hall–Kier alpha value is 1.34. The normalized spacial score (nSPS) is 30.7. The van der Waals surface area contributed by atoms with Crippen molar-refractivity contribution >= 4 is 45.2 Å². The molecule has 3 nitrogen and oxygen atoms in total. The van der Waals surface area contributed by atoms with Crippen molar-refractivity contribution in [2.24, 2.45) is 5.92 Å². The summed E-state index contributed by atoms with van der Waals surface area (Å²) < 4.78 is 2.30. The van der Waals surface area contributed by atoms with Gasteiger partial charge in [-0.05, 0) is 83.5 Å². The molecular weight excluding hydrogens is 548 g/mol. The van der Waals surface area contributed by atoms with Crippen molar-refractivity contribution in [1.82, 2.24) is 14.7 Å². The van der Waals surface area contributed by atoms with Crippen molar-refractivity contribution in [2.75, 3.05) is 56.8 Å². The molecule has 0 bridgehead atoms. The molecular formula is C21H39I2N3. The van der Waals surface area contributed by atoms with Gasteiger partial charge < -0.3 is 9.80 Å². The molecule has 0 atom stereocenters. The second kappa shape index (κ2) is 12.1. The minimum absolute atomic E-state index is 0.906. The number of piperazine rings is 1. The largest absolute Gasteiger partial charge is 0.303 e. The molecule has 3 rings (SSSR count). The third kappa shape index (κ3) is 7.30. The number of likely N-dealkylation sites (tertiary alicyclic amines) is 1. The van der Waals surface area contributed by atoms with E-state index in [0.717, 1.165) is 15.9 Å². The lowest BCUT2D eigenvalue weighted by Crippen LogP contribution is -2.51. The minimum Gasteiger partial charge on any atom is -0.303 e. The molecule has 2 heterocycles. The molecule has 3 aliphatic rings. The Morgan fingerprint density at radius 2 is 1.23 bits per heavy atom. The van der Waals surface area contributed by atoms with Gasteiger partial charge in [-0.25, -0.2) is 0 Å². The van der Waals surface area contributed by atoms with Crippen LogP contribution in [0.25, 0.3) is 0 Å². The fraction of sp³-hybridized carbons (Fsp3) is 1.00. The van der Waals surface area contributed by atoms with Crippen molar-refractivity contribution in [3.63, 3.8) is 0 Å². The minimum atomic E-state index is 0.906. The van der Waals surface area contributed by atoms with Crippen LogP contribution >= 0.6 is 45.2 Å². The molecule has 0 N–H and O–H groups in total. The number of piperidine rings is 1. The zero-order chi connectivity index (χ0) is 18.2. The standard InChI is InChI=1S/C21H39I2N3/c22-18-19-4-6-21(7-5-19)26-16-14-25(15-17-26)11-3-1-2-10-24-12-8-20(23)9-13-24/h19-21H,1-18H2. The van der Waals surface area contributed by atoms with Crippen LogP contribution in [0.2, 0.25) is 0 Å². The van der Waals surface area contributed by atoms with Crippen LogP contribution in [0, 0.1) is 5.92 Å². The molecule has 0 radical (unpaired) electrons. The lowest BCUT2D eigenvalue weighted by atomic mass is 9.86. The van der Waals surface area contributed by atoms with Crippen molar-refractivity contribution in [3.05, 3.63) is 0 Å². The smallest absolute Gasteiger partial charge is 0.0134 e. The van der Waals surface area contributed by atoms with E-state index in [1.54, 1.807) is 0 Å². The first kappa shape index (κ1) is 22.0. The summed E-state index contributed by atoms with van der Waals surface area (Å²) in [6, 6.07) is 0.906. The van der Waals surface area contributed by atoms with Gasteiger partial charge in [0.2, 0.25) is 0 Å². The number of unbranched alkanes of at least 4 members (excludes halogenated alkanes) is 2. The monoisotopic (exact) mass is 587 g/mol. The van der Waals surface area contributed by atoms with Crippen molar-refractivity contribution in [3.8, 4) is 0 Å². The Balaban J connectivity index is 1.20. The van der Waals surface area contributed by atoms with Crippen LogP contribution < -0.4 is 0 Å². The molecule has 0 aromatic carbocycles. The fourth-order valence-electron chi connectivity index (χ4n) is 4.99. The molecule has 3 fully saturated rings. The lowest BCUT2D eigenvalue weighted by molar-refractivity contribution is 0.0718. The van der Waals surface area contributed by atoms with E-state index < -0.39 is 0 Å². The van der Waals surface area contributed by atoms with Gasteiger partial charge in [-0.15, -0.1) is 0 Å². The van der Waals surface area contributed by atoms with Gasteiger partial charge in [-0.2, -0.15) is 0 Å². The zero-order valence-corrected chi connectivity index (χ0v) is 20.9.